The average Bonchev–Trinajstić information content (AvgIpc) is 2.69. The van der Waals surface area contributed by atoms with Gasteiger partial charge in [-0.2, -0.15) is 11.8 Å². The summed E-state index contributed by atoms with van der Waals surface area (Å²) in [6, 6.07) is 15.9. The molecule has 2 aromatic rings. The van der Waals surface area contributed by atoms with E-state index in [-0.39, 0.29) is 11.8 Å². The Kier molecular flexibility index (Phi) is 8.53. The average molecular weight is 437 g/mol. The van der Waals surface area contributed by atoms with Gasteiger partial charge in [0.15, 0.2) is 0 Å². The molecule has 1 amide bonds. The molecular weight excluding hydrogens is 411 g/mol. The highest BCUT2D eigenvalue weighted by Crippen LogP contribution is 2.21. The van der Waals surface area contributed by atoms with Crippen LogP contribution in [0.5, 0.6) is 0 Å². The Morgan fingerprint density at radius 2 is 2.04 bits per heavy atom. The molecule has 2 aromatic carbocycles. The van der Waals surface area contributed by atoms with Crippen molar-refractivity contribution < 1.29 is 4.79 Å². The molecule has 3 rings (SSSR count). The van der Waals surface area contributed by atoms with Crippen molar-refractivity contribution in [3.05, 3.63) is 69.7 Å². The molecule has 0 radical (unpaired) electrons. The van der Waals surface area contributed by atoms with Gasteiger partial charge in [0.1, 0.15) is 0 Å². The van der Waals surface area contributed by atoms with E-state index in [1.807, 2.05) is 42.5 Å². The van der Waals surface area contributed by atoms with Crippen LogP contribution in [0.4, 0.5) is 0 Å². The van der Waals surface area contributed by atoms with Crippen LogP contribution >= 0.6 is 35.0 Å². The number of piperidine rings is 1. The lowest BCUT2D eigenvalue weighted by molar-refractivity contribution is -0.126. The summed E-state index contributed by atoms with van der Waals surface area (Å²) in [6.45, 7) is 3.38. The maximum atomic E-state index is 12.5. The Hall–Kier alpha value is -1.20. The normalized spacial score (nSPS) is 17.4. The van der Waals surface area contributed by atoms with Crippen LogP contribution in [0.3, 0.4) is 0 Å². The lowest BCUT2D eigenvalue weighted by Gasteiger charge is -2.32. The maximum absolute atomic E-state index is 12.5. The Morgan fingerprint density at radius 3 is 2.86 bits per heavy atom. The third-order valence-electron chi connectivity index (χ3n) is 4.93. The van der Waals surface area contributed by atoms with Crippen molar-refractivity contribution in [2.45, 2.75) is 25.1 Å². The lowest BCUT2D eigenvalue weighted by atomic mass is 9.96. The van der Waals surface area contributed by atoms with Crippen LogP contribution in [0.15, 0.2) is 48.5 Å². The van der Waals surface area contributed by atoms with E-state index in [1.165, 1.54) is 5.56 Å². The van der Waals surface area contributed by atoms with Crippen molar-refractivity contribution >= 4 is 40.9 Å². The Bertz CT molecular complexity index is 787. The zero-order valence-corrected chi connectivity index (χ0v) is 18.2. The molecule has 1 N–H and O–H groups in total. The van der Waals surface area contributed by atoms with Crippen LogP contribution in [0.2, 0.25) is 10.0 Å². The first-order chi connectivity index (χ1) is 13.6. The summed E-state index contributed by atoms with van der Waals surface area (Å²) in [4.78, 5) is 14.9. The number of likely N-dealkylation sites (tertiary alicyclic amines) is 1. The quantitative estimate of drug-likeness (QED) is 0.573. The van der Waals surface area contributed by atoms with Crippen molar-refractivity contribution in [1.29, 1.82) is 0 Å². The summed E-state index contributed by atoms with van der Waals surface area (Å²) in [6.07, 6.45) is 2.02. The summed E-state index contributed by atoms with van der Waals surface area (Å²) in [7, 11) is 0. The number of nitrogens with zero attached hydrogens (tertiary/aromatic N) is 1. The third kappa shape index (κ3) is 6.70. The second kappa shape index (κ2) is 11.1. The second-order valence-corrected chi connectivity index (χ2v) is 9.09. The number of halogens is 2. The molecule has 3 nitrogen and oxygen atoms in total. The fourth-order valence-corrected chi connectivity index (χ4v) is 4.85. The van der Waals surface area contributed by atoms with Gasteiger partial charge in [-0.1, -0.05) is 53.5 Å². The van der Waals surface area contributed by atoms with Gasteiger partial charge in [0.2, 0.25) is 5.91 Å². The van der Waals surface area contributed by atoms with E-state index in [2.05, 4.69) is 16.3 Å². The van der Waals surface area contributed by atoms with Gasteiger partial charge in [0.25, 0.3) is 0 Å². The number of thioether (sulfide) groups is 1. The van der Waals surface area contributed by atoms with Crippen LogP contribution in [0.25, 0.3) is 0 Å². The molecule has 0 bridgehead atoms. The van der Waals surface area contributed by atoms with Gasteiger partial charge >= 0.3 is 0 Å². The topological polar surface area (TPSA) is 32.3 Å². The highest BCUT2D eigenvalue weighted by Gasteiger charge is 2.25. The minimum absolute atomic E-state index is 0.0708. The molecule has 1 unspecified atom stereocenters. The fraction of sp³-hybridized carbons (Fsp3) is 0.409. The molecule has 0 spiro atoms. The van der Waals surface area contributed by atoms with E-state index in [4.69, 9.17) is 23.2 Å². The van der Waals surface area contributed by atoms with E-state index in [1.54, 1.807) is 11.8 Å². The summed E-state index contributed by atoms with van der Waals surface area (Å²) in [5, 5.41) is 4.67. The Balaban J connectivity index is 1.37. The molecule has 1 heterocycles. The number of carbonyl (C=O) groups excluding carboxylic acids is 1. The Morgan fingerprint density at radius 1 is 1.18 bits per heavy atom. The minimum Gasteiger partial charge on any atom is -0.355 e. The van der Waals surface area contributed by atoms with Crippen molar-refractivity contribution in [2.75, 3.05) is 25.4 Å². The molecule has 0 saturated carbocycles. The molecule has 1 saturated heterocycles. The molecule has 1 atom stereocenters. The van der Waals surface area contributed by atoms with Gasteiger partial charge in [-0.3, -0.25) is 9.69 Å². The van der Waals surface area contributed by atoms with E-state index in [0.29, 0.717) is 6.54 Å². The van der Waals surface area contributed by atoms with Gasteiger partial charge in [0.05, 0.1) is 5.92 Å². The van der Waals surface area contributed by atoms with E-state index in [9.17, 15) is 4.79 Å². The fourth-order valence-electron chi connectivity index (χ4n) is 3.49. The molecule has 0 aromatic heterocycles. The second-order valence-electron chi connectivity index (χ2n) is 7.14. The number of hydrogen-bond donors (Lipinski definition) is 1. The number of rotatable bonds is 8. The van der Waals surface area contributed by atoms with Gasteiger partial charge < -0.3 is 5.32 Å². The molecule has 6 heteroatoms. The number of amides is 1. The number of carbonyl (C=O) groups is 1. The van der Waals surface area contributed by atoms with E-state index >= 15 is 0 Å². The van der Waals surface area contributed by atoms with Gasteiger partial charge in [-0.15, -0.1) is 0 Å². The van der Waals surface area contributed by atoms with Gasteiger partial charge in [0, 0.05) is 41.2 Å². The van der Waals surface area contributed by atoms with Crippen molar-refractivity contribution in [3.8, 4) is 0 Å². The maximum Gasteiger partial charge on any atom is 0.224 e. The monoisotopic (exact) mass is 436 g/mol. The van der Waals surface area contributed by atoms with Crippen LogP contribution in [0, 0.1) is 5.92 Å². The predicted molar refractivity (Wildman–Crippen MR) is 120 cm³/mol. The molecule has 1 fully saturated rings. The molecule has 1 aliphatic rings. The minimum atomic E-state index is 0.0708. The van der Waals surface area contributed by atoms with E-state index in [0.717, 1.165) is 59.6 Å². The van der Waals surface area contributed by atoms with Crippen molar-refractivity contribution in [3.63, 3.8) is 0 Å². The van der Waals surface area contributed by atoms with Crippen LogP contribution < -0.4 is 5.32 Å². The first kappa shape index (κ1) is 21.5. The van der Waals surface area contributed by atoms with Gasteiger partial charge in [-0.25, -0.2) is 0 Å². The Labute approximate surface area is 181 Å². The molecular formula is C22H26Cl2N2OS. The highest BCUT2D eigenvalue weighted by molar-refractivity contribution is 7.98. The standard InChI is InChI=1S/C22H26Cl2N2OS/c23-20-8-3-5-17(13-20)14-26-11-4-7-18(15-26)22(27)25-10-12-28-16-19-6-1-2-9-21(19)24/h1-3,5-6,8-9,13,18H,4,7,10-12,14-16H2,(H,25,27). The van der Waals surface area contributed by atoms with Crippen LogP contribution in [-0.2, 0) is 17.1 Å². The molecule has 0 aliphatic carbocycles. The zero-order valence-electron chi connectivity index (χ0n) is 15.9. The SMILES string of the molecule is O=C(NCCSCc1ccccc1Cl)C1CCCN(Cc2cccc(Cl)c2)C1. The highest BCUT2D eigenvalue weighted by atomic mass is 35.5. The van der Waals surface area contributed by atoms with Crippen molar-refractivity contribution in [2.24, 2.45) is 5.92 Å². The lowest BCUT2D eigenvalue weighted by Crippen LogP contribution is -2.43. The first-order valence-electron chi connectivity index (χ1n) is 9.67. The summed E-state index contributed by atoms with van der Waals surface area (Å²) >= 11 is 14.0. The van der Waals surface area contributed by atoms with Gasteiger partial charge in [-0.05, 0) is 48.7 Å². The van der Waals surface area contributed by atoms with Crippen molar-refractivity contribution in [1.82, 2.24) is 10.2 Å². The summed E-state index contributed by atoms with van der Waals surface area (Å²) < 4.78 is 0. The number of hydrogen-bond acceptors (Lipinski definition) is 3. The molecule has 28 heavy (non-hydrogen) atoms. The summed E-state index contributed by atoms with van der Waals surface area (Å²) in [5.41, 5.74) is 2.34. The number of nitrogens with one attached hydrogen (secondary N) is 1. The smallest absolute Gasteiger partial charge is 0.224 e. The third-order valence-corrected chi connectivity index (χ3v) is 6.54. The largest absolute Gasteiger partial charge is 0.355 e. The first-order valence-corrected chi connectivity index (χ1v) is 11.6. The van der Waals surface area contributed by atoms with Crippen LogP contribution in [-0.4, -0.2) is 36.2 Å². The zero-order chi connectivity index (χ0) is 19.8. The predicted octanol–water partition coefficient (Wildman–Crippen LogP) is 5.26. The number of benzene rings is 2. The molecule has 150 valence electrons. The van der Waals surface area contributed by atoms with E-state index < -0.39 is 0 Å². The summed E-state index contributed by atoms with van der Waals surface area (Å²) in [5.74, 6) is 2.00. The van der Waals surface area contributed by atoms with Crippen LogP contribution in [0.1, 0.15) is 24.0 Å². The molecule has 1 aliphatic heterocycles.